The minimum Gasteiger partial charge on any atom is -0.261 e. The van der Waals surface area contributed by atoms with E-state index in [4.69, 9.17) is 0 Å². The van der Waals surface area contributed by atoms with Crippen LogP contribution in [0.1, 0.15) is 5.56 Å². The van der Waals surface area contributed by atoms with Gasteiger partial charge >= 0.3 is 0 Å². The van der Waals surface area contributed by atoms with Crippen LogP contribution >= 0.6 is 0 Å². The quantitative estimate of drug-likeness (QED) is 0.721. The molecule has 0 atom stereocenters. The van der Waals surface area contributed by atoms with Crippen molar-refractivity contribution >= 4 is 5.57 Å². The van der Waals surface area contributed by atoms with Crippen molar-refractivity contribution in [2.75, 3.05) is 0 Å². The molecule has 94 valence electrons. The van der Waals surface area contributed by atoms with E-state index in [1.165, 1.54) is 12.3 Å². The van der Waals surface area contributed by atoms with Gasteiger partial charge in [-0.2, -0.15) is 0 Å². The second-order valence-electron chi connectivity index (χ2n) is 3.91. The first-order chi connectivity index (χ1) is 9.36. The minimum atomic E-state index is -0.333. The van der Waals surface area contributed by atoms with Crippen LogP contribution in [0.15, 0.2) is 85.3 Å². The average Bonchev–Trinajstić information content (AvgIpc) is 2.39. The molecule has 1 aromatic heterocycles. The molecule has 0 saturated carbocycles. The van der Waals surface area contributed by atoms with Crippen LogP contribution in [-0.4, -0.2) is 4.98 Å². The van der Waals surface area contributed by atoms with Gasteiger partial charge in [0.2, 0.25) is 0 Å². The molecule has 0 unspecified atom stereocenters. The Kier molecular flexibility index (Phi) is 4.82. The molecule has 0 aliphatic heterocycles. The molecular formula is C17H14FN. The smallest absolute Gasteiger partial charge is 0.142 e. The lowest BCUT2D eigenvalue weighted by atomic mass is 10.1. The predicted octanol–water partition coefficient (Wildman–Crippen LogP) is 4.40. The summed E-state index contributed by atoms with van der Waals surface area (Å²) < 4.78 is 13.2. The van der Waals surface area contributed by atoms with Crippen molar-refractivity contribution < 1.29 is 4.39 Å². The Morgan fingerprint density at radius 3 is 2.05 bits per heavy atom. The number of rotatable bonds is 1. The highest BCUT2D eigenvalue weighted by Crippen LogP contribution is 2.16. The highest BCUT2D eigenvalue weighted by molar-refractivity contribution is 5.75. The van der Waals surface area contributed by atoms with Crippen molar-refractivity contribution in [2.45, 2.75) is 0 Å². The van der Waals surface area contributed by atoms with Crippen LogP contribution in [0, 0.1) is 5.82 Å². The van der Waals surface area contributed by atoms with Crippen LogP contribution in [0.5, 0.6) is 0 Å². The van der Waals surface area contributed by atoms with Gasteiger partial charge in [-0.25, -0.2) is 4.39 Å². The lowest BCUT2D eigenvalue weighted by molar-refractivity contribution is 0.621. The molecule has 2 rings (SSSR count). The highest BCUT2D eigenvalue weighted by Gasteiger charge is 1.99. The Morgan fingerprint density at radius 1 is 0.737 bits per heavy atom. The Hall–Kier alpha value is -2.48. The molecule has 1 nitrogen and oxygen atoms in total. The third kappa shape index (κ3) is 4.36. The zero-order valence-corrected chi connectivity index (χ0v) is 10.4. The Balaban J connectivity index is 2.35. The van der Waals surface area contributed by atoms with Gasteiger partial charge in [-0.3, -0.25) is 4.98 Å². The van der Waals surface area contributed by atoms with Crippen molar-refractivity contribution in [1.82, 2.24) is 4.98 Å². The topological polar surface area (TPSA) is 12.9 Å². The van der Waals surface area contributed by atoms with E-state index in [0.29, 0.717) is 0 Å². The molecule has 2 heteroatoms. The van der Waals surface area contributed by atoms with Gasteiger partial charge in [-0.1, -0.05) is 66.8 Å². The fourth-order valence-electron chi connectivity index (χ4n) is 1.59. The van der Waals surface area contributed by atoms with Gasteiger partial charge in [-0.15, -0.1) is 0 Å². The third-order valence-electron chi connectivity index (χ3n) is 2.48. The maximum Gasteiger partial charge on any atom is 0.142 e. The molecule has 1 heterocycles. The van der Waals surface area contributed by atoms with Crippen LogP contribution in [0.4, 0.5) is 4.39 Å². The number of halogens is 1. The van der Waals surface area contributed by atoms with E-state index in [1.54, 1.807) is 6.20 Å². The van der Waals surface area contributed by atoms with Crippen molar-refractivity contribution in [3.05, 3.63) is 96.7 Å². The molecule has 0 saturated heterocycles. The van der Waals surface area contributed by atoms with Crippen molar-refractivity contribution in [1.29, 1.82) is 0 Å². The first-order valence-corrected chi connectivity index (χ1v) is 6.02. The van der Waals surface area contributed by atoms with Crippen LogP contribution in [0.25, 0.3) is 5.57 Å². The van der Waals surface area contributed by atoms with E-state index in [-0.39, 0.29) is 5.82 Å². The number of allylic oxidation sites excluding steroid dienone is 12. The van der Waals surface area contributed by atoms with E-state index in [2.05, 4.69) is 4.98 Å². The van der Waals surface area contributed by atoms with Crippen molar-refractivity contribution in [3.63, 3.8) is 0 Å². The standard InChI is InChI=1S/C17H14FN/c18-17-12-16(13-19-14-17)15-10-8-6-4-2-1-3-5-7-9-11-15/h1-14H/b2-1-,3-1?,4-2?,5-3-,6-4-,7-5?,8-6?,9-7-,10-8?,11-9?,15-10?,15-11?. The fourth-order valence-corrected chi connectivity index (χ4v) is 1.59. The summed E-state index contributed by atoms with van der Waals surface area (Å²) in [5.41, 5.74) is 1.66. The van der Waals surface area contributed by atoms with Gasteiger partial charge in [0.1, 0.15) is 5.82 Å². The zero-order chi connectivity index (χ0) is 13.3. The van der Waals surface area contributed by atoms with Crippen molar-refractivity contribution in [2.24, 2.45) is 0 Å². The molecule has 1 aromatic rings. The number of aromatic nitrogens is 1. The Morgan fingerprint density at radius 2 is 1.37 bits per heavy atom. The van der Waals surface area contributed by atoms with Crippen LogP contribution in [0.2, 0.25) is 0 Å². The maximum atomic E-state index is 13.2. The molecule has 0 spiro atoms. The highest BCUT2D eigenvalue weighted by atomic mass is 19.1. The molecular weight excluding hydrogens is 237 g/mol. The summed E-state index contributed by atoms with van der Waals surface area (Å²) in [7, 11) is 0. The minimum absolute atomic E-state index is 0.333. The van der Waals surface area contributed by atoms with Gasteiger partial charge in [0.15, 0.2) is 0 Å². The Bertz CT molecular complexity index is 601. The lowest BCUT2D eigenvalue weighted by Gasteiger charge is -2.01. The van der Waals surface area contributed by atoms with Crippen LogP contribution < -0.4 is 0 Å². The monoisotopic (exact) mass is 251 g/mol. The van der Waals surface area contributed by atoms with Gasteiger partial charge in [0.25, 0.3) is 0 Å². The van der Waals surface area contributed by atoms with Gasteiger partial charge in [-0.05, 0) is 11.6 Å². The molecule has 19 heavy (non-hydrogen) atoms. The summed E-state index contributed by atoms with van der Waals surface area (Å²) in [6.07, 6.45) is 24.1. The molecule has 0 radical (unpaired) electrons. The molecule has 0 N–H and O–H groups in total. The fraction of sp³-hybridized carbons (Fsp3) is 0. The summed E-state index contributed by atoms with van der Waals surface area (Å²) >= 11 is 0. The average molecular weight is 251 g/mol. The van der Waals surface area contributed by atoms with Crippen molar-refractivity contribution in [3.8, 4) is 0 Å². The second-order valence-corrected chi connectivity index (χ2v) is 3.91. The van der Waals surface area contributed by atoms with Gasteiger partial charge in [0, 0.05) is 11.8 Å². The van der Waals surface area contributed by atoms with E-state index in [0.717, 1.165) is 11.1 Å². The van der Waals surface area contributed by atoms with E-state index < -0.39 is 0 Å². The molecule has 0 fully saturated rings. The van der Waals surface area contributed by atoms with E-state index in [1.807, 2.05) is 66.8 Å². The normalized spacial score (nSPS) is 21.6. The van der Waals surface area contributed by atoms with Gasteiger partial charge in [0.05, 0.1) is 6.20 Å². The number of nitrogens with zero attached hydrogens (tertiary/aromatic N) is 1. The van der Waals surface area contributed by atoms with E-state index in [9.17, 15) is 4.39 Å². The second kappa shape index (κ2) is 7.07. The van der Waals surface area contributed by atoms with E-state index >= 15 is 0 Å². The summed E-state index contributed by atoms with van der Waals surface area (Å²) in [5.74, 6) is -0.333. The lowest BCUT2D eigenvalue weighted by Crippen LogP contribution is -1.85. The largest absolute Gasteiger partial charge is 0.261 e. The SMILES string of the molecule is Fc1cncc(C2=C\C=C/C=C\C=C/C=C\C=C2)c1. The first-order valence-electron chi connectivity index (χ1n) is 6.02. The molecule has 0 bridgehead atoms. The summed E-state index contributed by atoms with van der Waals surface area (Å²) in [6.45, 7) is 0. The molecule has 1 aliphatic carbocycles. The predicted molar refractivity (Wildman–Crippen MR) is 77.9 cm³/mol. The number of hydrogen-bond acceptors (Lipinski definition) is 1. The summed E-state index contributed by atoms with van der Waals surface area (Å²) in [6, 6.07) is 1.47. The van der Waals surface area contributed by atoms with Crippen LogP contribution in [0.3, 0.4) is 0 Å². The number of pyridine rings is 1. The summed E-state index contributed by atoms with van der Waals surface area (Å²) in [4.78, 5) is 3.87. The zero-order valence-electron chi connectivity index (χ0n) is 10.4. The van der Waals surface area contributed by atoms with Gasteiger partial charge < -0.3 is 0 Å². The summed E-state index contributed by atoms with van der Waals surface area (Å²) in [5, 5.41) is 0. The molecule has 1 aliphatic rings. The maximum absolute atomic E-state index is 13.2. The number of hydrogen-bond donors (Lipinski definition) is 0. The first kappa shape index (κ1) is 13.0. The third-order valence-corrected chi connectivity index (χ3v) is 2.48. The molecule has 0 amide bonds. The molecule has 0 aromatic carbocycles. The Labute approximate surface area is 112 Å². The van der Waals surface area contributed by atoms with Crippen LogP contribution in [-0.2, 0) is 0 Å².